The van der Waals surface area contributed by atoms with Crippen LogP contribution >= 0.6 is 22.9 Å². The van der Waals surface area contributed by atoms with Crippen molar-refractivity contribution in [2.45, 2.75) is 30.4 Å². The smallest absolute Gasteiger partial charge is 0.311 e. The van der Waals surface area contributed by atoms with Crippen LogP contribution in [0.4, 0.5) is 5.69 Å². The summed E-state index contributed by atoms with van der Waals surface area (Å²) in [5.41, 5.74) is 1.48. The summed E-state index contributed by atoms with van der Waals surface area (Å²) in [6.45, 7) is 3.08. The molecule has 0 radical (unpaired) electrons. The molecule has 1 amide bonds. The molecule has 0 bridgehead atoms. The average Bonchev–Trinajstić information content (AvgIpc) is 3.41. The van der Waals surface area contributed by atoms with E-state index in [4.69, 9.17) is 16.0 Å². The molecule has 8 nitrogen and oxygen atoms in total. The molecule has 0 atom stereocenters. The van der Waals surface area contributed by atoms with E-state index in [1.165, 1.54) is 6.07 Å². The number of nitrogens with zero attached hydrogens (tertiary/aromatic N) is 3. The molecule has 3 heterocycles. The Balaban J connectivity index is 1.53. The molecule has 3 aromatic rings. The molecule has 1 aromatic carbocycles. The predicted octanol–water partition coefficient (Wildman–Crippen LogP) is 4.19. The number of piperidine rings is 1. The monoisotopic (exact) mass is 466 g/mol. The molecule has 1 N–H and O–H groups in total. The van der Waals surface area contributed by atoms with E-state index in [0.717, 1.165) is 30.6 Å². The van der Waals surface area contributed by atoms with E-state index in [1.54, 1.807) is 35.4 Å². The van der Waals surface area contributed by atoms with Crippen molar-refractivity contribution in [3.05, 3.63) is 46.1 Å². The number of aromatic nitrogens is 2. The van der Waals surface area contributed by atoms with Crippen LogP contribution in [-0.4, -0.2) is 42.5 Å². The molecule has 30 heavy (non-hydrogen) atoms. The van der Waals surface area contributed by atoms with E-state index in [0.29, 0.717) is 34.9 Å². The fourth-order valence-electron chi connectivity index (χ4n) is 3.14. The molecular weight excluding hydrogens is 448 g/mol. The van der Waals surface area contributed by atoms with E-state index < -0.39 is 10.0 Å². The largest absolute Gasteiger partial charge is 0.412 e. The number of thiophene rings is 1. The van der Waals surface area contributed by atoms with Crippen LogP contribution < -0.4 is 4.72 Å². The molecule has 4 rings (SSSR count). The van der Waals surface area contributed by atoms with Crippen LogP contribution in [0.15, 0.2) is 38.3 Å². The van der Waals surface area contributed by atoms with Crippen molar-refractivity contribution in [1.29, 1.82) is 0 Å². The number of carbonyl (C=O) groups is 1. The van der Waals surface area contributed by atoms with E-state index in [9.17, 15) is 13.2 Å². The first-order valence-electron chi connectivity index (χ1n) is 9.35. The van der Waals surface area contributed by atoms with Crippen molar-refractivity contribution in [2.75, 3.05) is 17.8 Å². The number of rotatable bonds is 5. The SMILES string of the molecule is Cc1c(Cl)cccc1NS(=O)(=O)c1cc(-c2nnc(C(=O)N3CCCCC3)o2)cs1. The first-order valence-corrected chi connectivity index (χ1v) is 12.1. The van der Waals surface area contributed by atoms with Crippen LogP contribution in [0.5, 0.6) is 0 Å². The van der Waals surface area contributed by atoms with Crippen molar-refractivity contribution in [3.8, 4) is 11.5 Å². The Morgan fingerprint density at radius 2 is 2.00 bits per heavy atom. The Morgan fingerprint density at radius 3 is 2.77 bits per heavy atom. The van der Waals surface area contributed by atoms with Gasteiger partial charge in [-0.15, -0.1) is 21.5 Å². The first-order chi connectivity index (χ1) is 14.3. The summed E-state index contributed by atoms with van der Waals surface area (Å²) in [5.74, 6) is -0.281. The Labute approximate surface area is 182 Å². The number of sulfonamides is 1. The standard InChI is InChI=1S/C19H19ClN4O4S2/c1-12-14(20)6-5-7-15(12)23-30(26,27)16-10-13(11-29-16)17-21-22-18(28-17)19(25)24-8-3-2-4-9-24/h5-7,10-11,23H,2-4,8-9H2,1H3. The van der Waals surface area contributed by atoms with Gasteiger partial charge in [-0.3, -0.25) is 9.52 Å². The van der Waals surface area contributed by atoms with Crippen LogP contribution in [0, 0.1) is 6.92 Å². The van der Waals surface area contributed by atoms with E-state index in [2.05, 4.69) is 14.9 Å². The van der Waals surface area contributed by atoms with E-state index in [-0.39, 0.29) is 21.9 Å². The number of benzene rings is 1. The van der Waals surface area contributed by atoms with Crippen LogP contribution in [0.1, 0.15) is 35.5 Å². The number of carbonyl (C=O) groups excluding carboxylic acids is 1. The zero-order valence-corrected chi connectivity index (χ0v) is 18.5. The number of anilines is 1. The number of likely N-dealkylation sites (tertiary alicyclic amines) is 1. The van der Waals surface area contributed by atoms with Crippen molar-refractivity contribution in [1.82, 2.24) is 15.1 Å². The molecule has 2 aromatic heterocycles. The Hall–Kier alpha value is -2.43. The Morgan fingerprint density at radius 1 is 1.23 bits per heavy atom. The Bertz CT molecular complexity index is 1180. The lowest BCUT2D eigenvalue weighted by atomic mass is 10.1. The van der Waals surface area contributed by atoms with Gasteiger partial charge in [-0.2, -0.15) is 0 Å². The summed E-state index contributed by atoms with van der Waals surface area (Å²) in [4.78, 5) is 14.2. The quantitative estimate of drug-likeness (QED) is 0.604. The number of amides is 1. The first kappa shape index (κ1) is 20.8. The van der Waals surface area contributed by atoms with Crippen molar-refractivity contribution in [2.24, 2.45) is 0 Å². The molecule has 0 spiro atoms. The van der Waals surface area contributed by atoms with Gasteiger partial charge >= 0.3 is 11.8 Å². The van der Waals surface area contributed by atoms with E-state index >= 15 is 0 Å². The second kappa shape index (κ2) is 8.37. The van der Waals surface area contributed by atoms with Gasteiger partial charge in [-0.1, -0.05) is 17.7 Å². The molecule has 11 heteroatoms. The summed E-state index contributed by atoms with van der Waals surface area (Å²) in [6, 6.07) is 6.45. The third-order valence-corrected chi connectivity index (χ3v) is 8.06. The van der Waals surface area contributed by atoms with Crippen LogP contribution in [0.2, 0.25) is 5.02 Å². The lowest BCUT2D eigenvalue weighted by Crippen LogP contribution is -2.35. The molecule has 0 saturated carbocycles. The van der Waals surface area contributed by atoms with Crippen LogP contribution in [-0.2, 0) is 10.0 Å². The number of nitrogens with one attached hydrogen (secondary N) is 1. The minimum atomic E-state index is -3.82. The van der Waals surface area contributed by atoms with Gasteiger partial charge in [0, 0.05) is 23.5 Å². The van der Waals surface area contributed by atoms with E-state index in [1.807, 2.05) is 0 Å². The minimum Gasteiger partial charge on any atom is -0.412 e. The number of hydrogen-bond donors (Lipinski definition) is 1. The molecule has 0 unspecified atom stereocenters. The average molecular weight is 467 g/mol. The third kappa shape index (κ3) is 4.21. The summed E-state index contributed by atoms with van der Waals surface area (Å²) in [6.07, 6.45) is 3.02. The molecule has 1 saturated heterocycles. The normalized spacial score (nSPS) is 14.7. The maximum Gasteiger partial charge on any atom is 0.311 e. The molecule has 158 valence electrons. The van der Waals surface area contributed by atoms with Crippen LogP contribution in [0.3, 0.4) is 0 Å². The Kier molecular flexibility index (Phi) is 5.81. The third-order valence-electron chi connectivity index (χ3n) is 4.85. The van der Waals surface area contributed by atoms with Gasteiger partial charge in [0.1, 0.15) is 4.21 Å². The van der Waals surface area contributed by atoms with Gasteiger partial charge in [0.15, 0.2) is 0 Å². The molecular formula is C19H19ClN4O4S2. The maximum atomic E-state index is 12.8. The fourth-order valence-corrected chi connectivity index (χ4v) is 5.59. The van der Waals surface area contributed by atoms with Gasteiger partial charge in [0.2, 0.25) is 5.89 Å². The molecule has 1 aliphatic heterocycles. The highest BCUT2D eigenvalue weighted by atomic mass is 35.5. The lowest BCUT2D eigenvalue weighted by Gasteiger charge is -2.24. The zero-order chi connectivity index (χ0) is 21.3. The highest BCUT2D eigenvalue weighted by Crippen LogP contribution is 2.31. The van der Waals surface area contributed by atoms with Gasteiger partial charge in [0.25, 0.3) is 10.0 Å². The summed E-state index contributed by atoms with van der Waals surface area (Å²) in [7, 11) is -3.82. The number of halogens is 1. The fraction of sp³-hybridized carbons (Fsp3) is 0.316. The van der Waals surface area contributed by atoms with Gasteiger partial charge in [0.05, 0.1) is 11.3 Å². The van der Waals surface area contributed by atoms with Crippen molar-refractivity contribution < 1.29 is 17.6 Å². The minimum absolute atomic E-state index is 0.0824. The second-order valence-electron chi connectivity index (χ2n) is 6.94. The maximum absolute atomic E-state index is 12.8. The zero-order valence-electron chi connectivity index (χ0n) is 16.1. The van der Waals surface area contributed by atoms with Gasteiger partial charge in [-0.05, 0) is 49.9 Å². The van der Waals surface area contributed by atoms with Crippen molar-refractivity contribution in [3.63, 3.8) is 0 Å². The molecule has 1 aliphatic rings. The van der Waals surface area contributed by atoms with Crippen LogP contribution in [0.25, 0.3) is 11.5 Å². The topological polar surface area (TPSA) is 105 Å². The highest BCUT2D eigenvalue weighted by Gasteiger charge is 2.25. The summed E-state index contributed by atoms with van der Waals surface area (Å²) in [5, 5.41) is 9.83. The molecule has 1 fully saturated rings. The number of hydrogen-bond acceptors (Lipinski definition) is 7. The summed E-state index contributed by atoms with van der Waals surface area (Å²) < 4.78 is 33.7. The second-order valence-corrected chi connectivity index (χ2v) is 10.2. The predicted molar refractivity (Wildman–Crippen MR) is 114 cm³/mol. The lowest BCUT2D eigenvalue weighted by molar-refractivity contribution is 0.0684. The van der Waals surface area contributed by atoms with Crippen molar-refractivity contribution >= 4 is 44.6 Å². The summed E-state index contributed by atoms with van der Waals surface area (Å²) >= 11 is 7.09. The van der Waals surface area contributed by atoms with Gasteiger partial charge < -0.3 is 9.32 Å². The highest BCUT2D eigenvalue weighted by molar-refractivity contribution is 7.94. The van der Waals surface area contributed by atoms with Gasteiger partial charge in [-0.25, -0.2) is 8.42 Å². The molecule has 0 aliphatic carbocycles.